The lowest BCUT2D eigenvalue weighted by molar-refractivity contribution is -0.130. The topological polar surface area (TPSA) is 87.7 Å². The van der Waals surface area contributed by atoms with Crippen molar-refractivity contribution < 1.29 is 19.1 Å². The van der Waals surface area contributed by atoms with Crippen molar-refractivity contribution in [2.24, 2.45) is 0 Å². The fourth-order valence-electron chi connectivity index (χ4n) is 3.67. The molecule has 0 fully saturated rings. The molecule has 7 nitrogen and oxygen atoms in total. The van der Waals surface area contributed by atoms with Crippen molar-refractivity contribution in [3.05, 3.63) is 71.3 Å². The number of nitrogens with zero attached hydrogens (tertiary/aromatic N) is 1. The summed E-state index contributed by atoms with van der Waals surface area (Å²) in [6.07, 6.45) is -0.183. The summed E-state index contributed by atoms with van der Waals surface area (Å²) in [6, 6.07) is 16.4. The number of carbonyl (C=O) groups is 3. The number of carbonyl (C=O) groups excluding carboxylic acids is 3. The van der Waals surface area contributed by atoms with Crippen molar-refractivity contribution in [1.82, 2.24) is 15.5 Å². The molecule has 170 valence electrons. The molecule has 2 N–H and O–H groups in total. The maximum atomic E-state index is 13.0. The number of benzene rings is 2. The minimum Gasteiger partial charge on any atom is -0.444 e. The minimum absolute atomic E-state index is 0.170. The van der Waals surface area contributed by atoms with Gasteiger partial charge in [-0.3, -0.25) is 14.5 Å². The number of rotatable bonds is 5. The number of nitrogens with one attached hydrogen (secondary N) is 2. The van der Waals surface area contributed by atoms with Gasteiger partial charge < -0.3 is 15.4 Å². The van der Waals surface area contributed by atoms with Gasteiger partial charge in [0, 0.05) is 6.42 Å². The number of ether oxygens (including phenoxy) is 1. The molecule has 1 heterocycles. The van der Waals surface area contributed by atoms with Crippen LogP contribution in [-0.2, 0) is 27.3 Å². The van der Waals surface area contributed by atoms with Gasteiger partial charge in [0.2, 0.25) is 11.8 Å². The highest BCUT2D eigenvalue weighted by Crippen LogP contribution is 2.25. The number of hydrogen-bond acceptors (Lipinski definition) is 4. The highest BCUT2D eigenvalue weighted by Gasteiger charge is 2.37. The Kier molecular flexibility index (Phi) is 7.18. The Balaban J connectivity index is 1.65. The molecule has 0 saturated heterocycles. The van der Waals surface area contributed by atoms with E-state index < -0.39 is 17.7 Å². The predicted octanol–water partition coefficient (Wildman–Crippen LogP) is 3.34. The van der Waals surface area contributed by atoms with Crippen molar-refractivity contribution in [2.45, 2.75) is 58.3 Å². The Hall–Kier alpha value is -3.35. The normalized spacial score (nSPS) is 16.5. The molecule has 2 aromatic carbocycles. The Morgan fingerprint density at radius 3 is 2.31 bits per heavy atom. The van der Waals surface area contributed by atoms with E-state index in [0.717, 1.165) is 16.7 Å². The fourth-order valence-corrected chi connectivity index (χ4v) is 3.67. The van der Waals surface area contributed by atoms with Crippen molar-refractivity contribution in [2.75, 3.05) is 6.54 Å². The van der Waals surface area contributed by atoms with Crippen LogP contribution in [0.5, 0.6) is 0 Å². The van der Waals surface area contributed by atoms with E-state index in [9.17, 15) is 14.4 Å². The van der Waals surface area contributed by atoms with Gasteiger partial charge in [-0.05, 0) is 44.4 Å². The molecule has 2 aromatic rings. The Bertz CT molecular complexity index is 969. The molecule has 0 unspecified atom stereocenters. The average Bonchev–Trinajstić information content (AvgIpc) is 2.76. The van der Waals surface area contributed by atoms with Gasteiger partial charge in [0.1, 0.15) is 11.6 Å². The van der Waals surface area contributed by atoms with Crippen molar-refractivity contribution in [3.63, 3.8) is 0 Å². The van der Waals surface area contributed by atoms with Gasteiger partial charge in [0.25, 0.3) is 0 Å². The summed E-state index contributed by atoms with van der Waals surface area (Å²) in [5.41, 5.74) is 2.29. The second-order valence-electron chi connectivity index (χ2n) is 9.01. The monoisotopic (exact) mass is 437 g/mol. The summed E-state index contributed by atoms with van der Waals surface area (Å²) < 4.78 is 5.53. The lowest BCUT2D eigenvalue weighted by Gasteiger charge is -2.36. The largest absolute Gasteiger partial charge is 0.444 e. The molecule has 1 aliphatic heterocycles. The molecule has 32 heavy (non-hydrogen) atoms. The van der Waals surface area contributed by atoms with E-state index in [-0.39, 0.29) is 30.9 Å². The molecule has 0 radical (unpaired) electrons. The van der Waals surface area contributed by atoms with E-state index in [2.05, 4.69) is 10.6 Å². The Morgan fingerprint density at radius 1 is 1.03 bits per heavy atom. The summed E-state index contributed by atoms with van der Waals surface area (Å²) in [5, 5.41) is 5.56. The van der Waals surface area contributed by atoms with Gasteiger partial charge in [-0.25, -0.2) is 4.79 Å². The summed E-state index contributed by atoms with van der Waals surface area (Å²) in [6.45, 7) is 7.36. The summed E-state index contributed by atoms with van der Waals surface area (Å²) in [5.74, 6) is -0.678. The van der Waals surface area contributed by atoms with Crippen LogP contribution in [-0.4, -0.2) is 41.0 Å². The zero-order valence-electron chi connectivity index (χ0n) is 19.1. The van der Waals surface area contributed by atoms with Crippen molar-refractivity contribution >= 4 is 17.9 Å². The molecular weight excluding hydrogens is 406 g/mol. The highest BCUT2D eigenvalue weighted by molar-refractivity contribution is 5.90. The first kappa shape index (κ1) is 23.3. The standard InChI is InChI=1S/C25H31N3O4/c1-17(18-10-6-5-7-11-18)27-22(29)15-26-23(30)21-14-19-12-8-9-13-20(19)16-28(21)24(31)32-25(2,3)4/h5-13,17,21H,14-16H2,1-4H3,(H,26,30)(H,27,29)/t17-,21-/m1/s1. The molecule has 0 spiro atoms. The third-order valence-corrected chi connectivity index (χ3v) is 5.28. The molecule has 3 rings (SSSR count). The van der Waals surface area contributed by atoms with E-state index in [1.807, 2.05) is 61.5 Å². The van der Waals surface area contributed by atoms with Gasteiger partial charge in [-0.15, -0.1) is 0 Å². The van der Waals surface area contributed by atoms with Crippen LogP contribution in [0.3, 0.4) is 0 Å². The van der Waals surface area contributed by atoms with Crippen LogP contribution in [0.2, 0.25) is 0 Å². The lowest BCUT2D eigenvalue weighted by Crippen LogP contribution is -2.54. The minimum atomic E-state index is -0.751. The highest BCUT2D eigenvalue weighted by atomic mass is 16.6. The third-order valence-electron chi connectivity index (χ3n) is 5.28. The number of amides is 3. The van der Waals surface area contributed by atoms with E-state index in [4.69, 9.17) is 4.74 Å². The van der Waals surface area contributed by atoms with Crippen LogP contribution in [0.1, 0.15) is 50.4 Å². The predicted molar refractivity (Wildman–Crippen MR) is 122 cm³/mol. The third kappa shape index (κ3) is 6.09. The molecule has 0 aliphatic carbocycles. The summed E-state index contributed by atoms with van der Waals surface area (Å²) >= 11 is 0. The van der Waals surface area contributed by atoms with Crippen molar-refractivity contribution in [3.8, 4) is 0 Å². The Morgan fingerprint density at radius 2 is 1.66 bits per heavy atom. The van der Waals surface area contributed by atoms with E-state index >= 15 is 0 Å². The Labute approximate surface area is 189 Å². The van der Waals surface area contributed by atoms with Crippen LogP contribution < -0.4 is 10.6 Å². The van der Waals surface area contributed by atoms with Gasteiger partial charge in [0.05, 0.1) is 19.1 Å². The van der Waals surface area contributed by atoms with Crippen LogP contribution in [0.25, 0.3) is 0 Å². The molecule has 1 aliphatic rings. The van der Waals surface area contributed by atoms with Crippen LogP contribution in [0, 0.1) is 0 Å². The van der Waals surface area contributed by atoms with Crippen LogP contribution >= 0.6 is 0 Å². The van der Waals surface area contributed by atoms with Gasteiger partial charge >= 0.3 is 6.09 Å². The molecule has 3 amide bonds. The van der Waals surface area contributed by atoms with Gasteiger partial charge in [0.15, 0.2) is 0 Å². The van der Waals surface area contributed by atoms with Gasteiger partial charge in [-0.2, -0.15) is 0 Å². The number of hydrogen-bond donors (Lipinski definition) is 2. The summed E-state index contributed by atoms with van der Waals surface area (Å²) in [7, 11) is 0. The first-order chi connectivity index (χ1) is 15.1. The zero-order valence-corrected chi connectivity index (χ0v) is 19.1. The fraction of sp³-hybridized carbons (Fsp3) is 0.400. The molecular formula is C25H31N3O4. The van der Waals surface area contributed by atoms with Crippen molar-refractivity contribution in [1.29, 1.82) is 0 Å². The molecule has 0 saturated carbocycles. The second kappa shape index (κ2) is 9.85. The van der Waals surface area contributed by atoms with E-state index in [0.29, 0.717) is 6.42 Å². The second-order valence-corrected chi connectivity index (χ2v) is 9.01. The average molecular weight is 438 g/mol. The molecule has 7 heteroatoms. The molecule has 0 bridgehead atoms. The maximum absolute atomic E-state index is 13.0. The molecule has 0 aromatic heterocycles. The van der Waals surface area contributed by atoms with Gasteiger partial charge in [-0.1, -0.05) is 54.6 Å². The number of fused-ring (bicyclic) bond motifs is 1. The van der Waals surface area contributed by atoms with E-state index in [1.54, 1.807) is 20.8 Å². The van der Waals surface area contributed by atoms with Crippen LogP contribution in [0.4, 0.5) is 4.79 Å². The zero-order chi connectivity index (χ0) is 23.3. The quantitative estimate of drug-likeness (QED) is 0.751. The van der Waals surface area contributed by atoms with Crippen LogP contribution in [0.15, 0.2) is 54.6 Å². The maximum Gasteiger partial charge on any atom is 0.411 e. The molecule has 2 atom stereocenters. The smallest absolute Gasteiger partial charge is 0.411 e. The first-order valence-corrected chi connectivity index (χ1v) is 10.8. The lowest BCUT2D eigenvalue weighted by atomic mass is 9.94. The van der Waals surface area contributed by atoms with E-state index in [1.165, 1.54) is 4.90 Å². The summed E-state index contributed by atoms with van der Waals surface area (Å²) in [4.78, 5) is 39.7. The first-order valence-electron chi connectivity index (χ1n) is 10.8. The SMILES string of the molecule is C[C@@H](NC(=O)CNC(=O)[C@H]1Cc2ccccc2CN1C(=O)OC(C)(C)C)c1ccccc1.